The van der Waals surface area contributed by atoms with Gasteiger partial charge >= 0.3 is 12.1 Å². The van der Waals surface area contributed by atoms with Gasteiger partial charge in [-0.25, -0.2) is 9.59 Å². The molecule has 0 N–H and O–H groups in total. The van der Waals surface area contributed by atoms with E-state index in [0.717, 1.165) is 0 Å². The van der Waals surface area contributed by atoms with Crippen molar-refractivity contribution in [1.29, 1.82) is 0 Å². The fourth-order valence-electron chi connectivity index (χ4n) is 0.420. The number of hydrogen-bond donors (Lipinski definition) is 0. The molecule has 0 radical (unpaired) electrons. The molecule has 0 unspecified atom stereocenters. The molecule has 0 aliphatic heterocycles. The van der Waals surface area contributed by atoms with E-state index in [0.29, 0.717) is 0 Å². The van der Waals surface area contributed by atoms with Gasteiger partial charge in [-0.1, -0.05) is 5.92 Å². The number of carbonyl (C=O) groups excluding carboxylic acids is 2. The molecule has 66 valence electrons. The van der Waals surface area contributed by atoms with Crippen molar-refractivity contribution in [3.8, 4) is 11.8 Å². The summed E-state index contributed by atoms with van der Waals surface area (Å²) in [5.74, 6) is 3.43. The highest BCUT2D eigenvalue weighted by molar-refractivity contribution is 5.94. The average molecular weight is 170 g/mol. The second-order valence-electron chi connectivity index (χ2n) is 2.18. The molecule has 0 bridgehead atoms. The fraction of sp³-hybridized carbons (Fsp3) is 0.500. The van der Waals surface area contributed by atoms with Crippen LogP contribution in [-0.2, 0) is 14.3 Å². The Bertz CT molecular complexity index is 231. The number of rotatable bonds is 1. The Labute approximate surface area is 70.8 Å². The molecule has 0 aliphatic carbocycles. The lowest BCUT2D eigenvalue weighted by molar-refractivity contribution is -0.133. The van der Waals surface area contributed by atoms with E-state index in [-0.39, 0.29) is 6.10 Å². The quantitative estimate of drug-likeness (QED) is 0.256. The molecule has 0 aromatic heterocycles. The minimum absolute atomic E-state index is 0.306. The molecule has 4 nitrogen and oxygen atoms in total. The van der Waals surface area contributed by atoms with Gasteiger partial charge in [-0.3, -0.25) is 0 Å². The van der Waals surface area contributed by atoms with E-state index in [4.69, 9.17) is 0 Å². The first kappa shape index (κ1) is 10.5. The van der Waals surface area contributed by atoms with Crippen LogP contribution in [0.25, 0.3) is 0 Å². The maximum absolute atomic E-state index is 10.6. The summed E-state index contributed by atoms with van der Waals surface area (Å²) in [5.41, 5.74) is 0. The van der Waals surface area contributed by atoms with Crippen LogP contribution in [0.3, 0.4) is 0 Å². The van der Waals surface area contributed by atoms with Crippen LogP contribution < -0.4 is 0 Å². The molecule has 0 aromatic rings. The lowest BCUT2D eigenvalue weighted by atomic mass is 10.5. The first-order valence-electron chi connectivity index (χ1n) is 3.41. The molecule has 0 spiro atoms. The van der Waals surface area contributed by atoms with Crippen LogP contribution in [0, 0.1) is 11.8 Å². The molecule has 0 saturated heterocycles. The summed E-state index contributed by atoms with van der Waals surface area (Å²) in [6, 6.07) is 0. The first-order chi connectivity index (χ1) is 5.56. The number of hydrogen-bond acceptors (Lipinski definition) is 4. The molecule has 12 heavy (non-hydrogen) atoms. The van der Waals surface area contributed by atoms with Crippen LogP contribution in [0.2, 0.25) is 0 Å². The number of esters is 1. The molecule has 0 fully saturated rings. The Morgan fingerprint density at radius 2 is 1.92 bits per heavy atom. The van der Waals surface area contributed by atoms with Crippen LogP contribution >= 0.6 is 0 Å². The zero-order valence-corrected chi connectivity index (χ0v) is 7.21. The summed E-state index contributed by atoms with van der Waals surface area (Å²) in [5, 5.41) is 0. The van der Waals surface area contributed by atoms with E-state index < -0.39 is 12.1 Å². The van der Waals surface area contributed by atoms with E-state index in [1.165, 1.54) is 6.92 Å². The van der Waals surface area contributed by atoms with Gasteiger partial charge in [0.1, 0.15) is 0 Å². The lowest BCUT2D eigenvalue weighted by Gasteiger charge is -2.04. The van der Waals surface area contributed by atoms with Crippen LogP contribution in [0.5, 0.6) is 0 Å². The maximum Gasteiger partial charge on any atom is 0.517 e. The molecule has 0 aromatic carbocycles. The third-order valence-electron chi connectivity index (χ3n) is 0.735. The molecule has 0 amide bonds. The summed E-state index contributed by atoms with van der Waals surface area (Å²) in [7, 11) is 0. The van der Waals surface area contributed by atoms with Gasteiger partial charge in [0.15, 0.2) is 0 Å². The molecule has 4 heteroatoms. The monoisotopic (exact) mass is 170 g/mol. The van der Waals surface area contributed by atoms with E-state index in [9.17, 15) is 9.59 Å². The van der Waals surface area contributed by atoms with Crippen LogP contribution in [0.15, 0.2) is 0 Å². The zero-order chi connectivity index (χ0) is 9.56. The predicted octanol–water partition coefficient (Wildman–Crippen LogP) is 1.10. The van der Waals surface area contributed by atoms with Gasteiger partial charge in [0.25, 0.3) is 0 Å². The minimum atomic E-state index is -1.02. The first-order valence-corrected chi connectivity index (χ1v) is 3.41. The Kier molecular flexibility index (Phi) is 4.54. The van der Waals surface area contributed by atoms with Gasteiger partial charge in [-0.15, -0.1) is 0 Å². The van der Waals surface area contributed by atoms with E-state index >= 15 is 0 Å². The third-order valence-corrected chi connectivity index (χ3v) is 0.735. The van der Waals surface area contributed by atoms with E-state index in [1.54, 1.807) is 13.8 Å². The molecule has 0 atom stereocenters. The highest BCUT2D eigenvalue weighted by Gasteiger charge is 2.10. The second-order valence-corrected chi connectivity index (χ2v) is 2.18. The zero-order valence-electron chi connectivity index (χ0n) is 7.21. The lowest BCUT2D eigenvalue weighted by Crippen LogP contribution is -2.16. The summed E-state index contributed by atoms with van der Waals surface area (Å²) in [6.07, 6.45) is -1.32. The van der Waals surface area contributed by atoms with Crippen molar-refractivity contribution in [2.24, 2.45) is 0 Å². The molecule has 0 aliphatic rings. The van der Waals surface area contributed by atoms with Crippen LogP contribution in [0.1, 0.15) is 20.8 Å². The van der Waals surface area contributed by atoms with Crippen molar-refractivity contribution >= 4 is 12.1 Å². The summed E-state index contributed by atoms with van der Waals surface area (Å²) < 4.78 is 8.65. The molecular weight excluding hydrogens is 160 g/mol. The van der Waals surface area contributed by atoms with E-state index in [1.807, 2.05) is 5.92 Å². The standard InChI is InChI=1S/C8H10O4/c1-4-5-7(9)12-8(10)11-6(2)3/h6H,1-3H3. The Hall–Kier alpha value is -1.50. The number of ether oxygens (including phenoxy) is 2. The maximum atomic E-state index is 10.6. The summed E-state index contributed by atoms with van der Waals surface area (Å²) >= 11 is 0. The van der Waals surface area contributed by atoms with Gasteiger partial charge in [-0.2, -0.15) is 0 Å². The largest absolute Gasteiger partial charge is 0.517 e. The average Bonchev–Trinajstić information content (AvgIpc) is 1.84. The van der Waals surface area contributed by atoms with Crippen molar-refractivity contribution in [2.45, 2.75) is 26.9 Å². The Balaban J connectivity index is 3.82. The Morgan fingerprint density at radius 3 is 2.33 bits per heavy atom. The molecule has 0 saturated carbocycles. The van der Waals surface area contributed by atoms with Crippen LogP contribution in [-0.4, -0.2) is 18.2 Å². The van der Waals surface area contributed by atoms with E-state index in [2.05, 4.69) is 15.4 Å². The summed E-state index contributed by atoms with van der Waals surface area (Å²) in [6.45, 7) is 4.77. The van der Waals surface area contributed by atoms with Gasteiger partial charge in [-0.05, 0) is 20.8 Å². The van der Waals surface area contributed by atoms with Gasteiger partial charge in [0.05, 0.1) is 6.10 Å². The van der Waals surface area contributed by atoms with Crippen molar-refractivity contribution < 1.29 is 19.1 Å². The van der Waals surface area contributed by atoms with Gasteiger partial charge in [0.2, 0.25) is 0 Å². The minimum Gasteiger partial charge on any atom is -0.431 e. The van der Waals surface area contributed by atoms with Crippen molar-refractivity contribution in [3.05, 3.63) is 0 Å². The van der Waals surface area contributed by atoms with Crippen molar-refractivity contribution in [1.82, 2.24) is 0 Å². The summed E-state index contributed by atoms with van der Waals surface area (Å²) in [4.78, 5) is 21.1. The second kappa shape index (κ2) is 5.19. The smallest absolute Gasteiger partial charge is 0.431 e. The normalized spacial score (nSPS) is 8.33. The van der Waals surface area contributed by atoms with Gasteiger partial charge < -0.3 is 9.47 Å². The van der Waals surface area contributed by atoms with Crippen molar-refractivity contribution in [2.75, 3.05) is 0 Å². The SMILES string of the molecule is CC#CC(=O)OC(=O)OC(C)C. The van der Waals surface area contributed by atoms with Crippen molar-refractivity contribution in [3.63, 3.8) is 0 Å². The predicted molar refractivity (Wildman–Crippen MR) is 41.2 cm³/mol. The van der Waals surface area contributed by atoms with Gasteiger partial charge in [0, 0.05) is 5.92 Å². The highest BCUT2D eigenvalue weighted by Crippen LogP contribution is 1.92. The number of carbonyl (C=O) groups is 2. The van der Waals surface area contributed by atoms with Crippen LogP contribution in [0.4, 0.5) is 4.79 Å². The topological polar surface area (TPSA) is 52.6 Å². The molecule has 0 rings (SSSR count). The Morgan fingerprint density at radius 1 is 1.33 bits per heavy atom. The molecule has 0 heterocycles. The molecular formula is C8H10O4. The highest BCUT2D eigenvalue weighted by atomic mass is 16.7. The fourth-order valence-corrected chi connectivity index (χ4v) is 0.420. The third kappa shape index (κ3) is 5.30.